The highest BCUT2D eigenvalue weighted by Gasteiger charge is 2.11. The van der Waals surface area contributed by atoms with Gasteiger partial charge in [-0.2, -0.15) is 0 Å². The van der Waals surface area contributed by atoms with Gasteiger partial charge in [-0.15, -0.1) is 11.8 Å². The standard InChI is InChI=1S/C12H15F2NO3S/c1-18-6-8(5-16)15-12(17)7-19-9-2-3-10(13)11(14)4-9/h2-4,8,16H,5-7H2,1H3,(H,15,17). The first kappa shape index (κ1) is 15.9. The molecule has 7 heteroatoms. The molecule has 0 spiro atoms. The number of carbonyl (C=O) groups is 1. The molecule has 0 aromatic heterocycles. The lowest BCUT2D eigenvalue weighted by Crippen LogP contribution is -2.41. The molecule has 106 valence electrons. The highest BCUT2D eigenvalue weighted by atomic mass is 32.2. The molecule has 19 heavy (non-hydrogen) atoms. The van der Waals surface area contributed by atoms with Gasteiger partial charge < -0.3 is 15.2 Å². The minimum absolute atomic E-state index is 0.0469. The van der Waals surface area contributed by atoms with Crippen LogP contribution in [0, 0.1) is 11.6 Å². The first-order valence-electron chi connectivity index (χ1n) is 5.53. The number of nitrogens with one attached hydrogen (secondary N) is 1. The first-order chi connectivity index (χ1) is 9.06. The number of hydrogen-bond acceptors (Lipinski definition) is 4. The fourth-order valence-electron chi connectivity index (χ4n) is 1.33. The van der Waals surface area contributed by atoms with Crippen molar-refractivity contribution < 1.29 is 23.4 Å². The largest absolute Gasteiger partial charge is 0.394 e. The van der Waals surface area contributed by atoms with Crippen LogP contribution in [0.2, 0.25) is 0 Å². The monoisotopic (exact) mass is 291 g/mol. The van der Waals surface area contributed by atoms with Gasteiger partial charge in [-0.05, 0) is 18.2 Å². The SMILES string of the molecule is COCC(CO)NC(=O)CSc1ccc(F)c(F)c1. The molecule has 1 amide bonds. The Morgan fingerprint density at radius 2 is 2.21 bits per heavy atom. The fraction of sp³-hybridized carbons (Fsp3) is 0.417. The number of thioether (sulfide) groups is 1. The Kier molecular flexibility index (Phi) is 6.75. The summed E-state index contributed by atoms with van der Waals surface area (Å²) in [6.45, 7) is -0.0203. The van der Waals surface area contributed by atoms with E-state index in [2.05, 4.69) is 5.32 Å². The molecule has 1 rings (SSSR count). The summed E-state index contributed by atoms with van der Waals surface area (Å²) in [5.41, 5.74) is 0. The van der Waals surface area contributed by atoms with Gasteiger partial charge in [-0.3, -0.25) is 4.79 Å². The summed E-state index contributed by atoms with van der Waals surface area (Å²) in [6, 6.07) is 2.97. The van der Waals surface area contributed by atoms with E-state index in [4.69, 9.17) is 9.84 Å². The molecule has 1 aromatic carbocycles. The van der Waals surface area contributed by atoms with Crippen molar-refractivity contribution >= 4 is 17.7 Å². The van der Waals surface area contributed by atoms with E-state index in [0.717, 1.165) is 23.9 Å². The van der Waals surface area contributed by atoms with E-state index in [1.165, 1.54) is 13.2 Å². The maximum absolute atomic E-state index is 12.9. The molecule has 1 unspecified atom stereocenters. The smallest absolute Gasteiger partial charge is 0.230 e. The van der Waals surface area contributed by atoms with Crippen LogP contribution in [0.15, 0.2) is 23.1 Å². The van der Waals surface area contributed by atoms with Gasteiger partial charge in [0.1, 0.15) is 0 Å². The predicted octanol–water partition coefficient (Wildman–Crippen LogP) is 1.18. The third-order valence-corrected chi connectivity index (χ3v) is 3.21. The van der Waals surface area contributed by atoms with Crippen LogP contribution >= 0.6 is 11.8 Å². The number of amides is 1. The maximum atomic E-state index is 12.9. The van der Waals surface area contributed by atoms with Crippen LogP contribution in [0.1, 0.15) is 0 Å². The first-order valence-corrected chi connectivity index (χ1v) is 6.52. The number of aliphatic hydroxyl groups is 1. The van der Waals surface area contributed by atoms with Crippen LogP contribution in [-0.2, 0) is 9.53 Å². The molecule has 0 bridgehead atoms. The van der Waals surface area contributed by atoms with Gasteiger partial charge >= 0.3 is 0 Å². The van der Waals surface area contributed by atoms with Crippen molar-refractivity contribution in [3.63, 3.8) is 0 Å². The third-order valence-electron chi connectivity index (χ3n) is 2.21. The third kappa shape index (κ3) is 5.54. The van der Waals surface area contributed by atoms with E-state index in [-0.39, 0.29) is 24.9 Å². The molecule has 0 radical (unpaired) electrons. The van der Waals surface area contributed by atoms with Crippen LogP contribution < -0.4 is 5.32 Å². The highest BCUT2D eigenvalue weighted by molar-refractivity contribution is 8.00. The van der Waals surface area contributed by atoms with Crippen molar-refractivity contribution in [3.8, 4) is 0 Å². The molecule has 2 N–H and O–H groups in total. The normalized spacial score (nSPS) is 12.2. The minimum atomic E-state index is -0.946. The van der Waals surface area contributed by atoms with Gasteiger partial charge in [0, 0.05) is 12.0 Å². The van der Waals surface area contributed by atoms with E-state index in [9.17, 15) is 13.6 Å². The lowest BCUT2D eigenvalue weighted by Gasteiger charge is -2.14. The number of halogens is 2. The number of hydrogen-bond donors (Lipinski definition) is 2. The number of aliphatic hydroxyl groups excluding tert-OH is 1. The summed E-state index contributed by atoms with van der Waals surface area (Å²) in [4.78, 5) is 12.0. The number of benzene rings is 1. The van der Waals surface area contributed by atoms with Gasteiger partial charge in [-0.25, -0.2) is 8.78 Å². The molecule has 0 saturated heterocycles. The lowest BCUT2D eigenvalue weighted by molar-refractivity contribution is -0.120. The number of carbonyl (C=O) groups excluding carboxylic acids is 1. The highest BCUT2D eigenvalue weighted by Crippen LogP contribution is 2.20. The van der Waals surface area contributed by atoms with Gasteiger partial charge in [0.2, 0.25) is 5.91 Å². The summed E-state index contributed by atoms with van der Waals surface area (Å²) >= 11 is 1.08. The molecule has 0 aliphatic carbocycles. The summed E-state index contributed by atoms with van der Waals surface area (Å²) in [7, 11) is 1.46. The molecular formula is C12H15F2NO3S. The summed E-state index contributed by atoms with van der Waals surface area (Å²) in [6.07, 6.45) is 0. The van der Waals surface area contributed by atoms with Crippen LogP contribution in [-0.4, -0.2) is 43.1 Å². The Hall–Kier alpha value is -1.18. The Bertz CT molecular complexity index is 431. The summed E-state index contributed by atoms with van der Waals surface area (Å²) in [5, 5.41) is 11.5. The quantitative estimate of drug-likeness (QED) is 0.741. The predicted molar refractivity (Wildman–Crippen MR) is 68.0 cm³/mol. The van der Waals surface area contributed by atoms with E-state index < -0.39 is 17.7 Å². The van der Waals surface area contributed by atoms with Crippen molar-refractivity contribution in [3.05, 3.63) is 29.8 Å². The fourth-order valence-corrected chi connectivity index (χ4v) is 2.06. The van der Waals surface area contributed by atoms with Gasteiger partial charge in [-0.1, -0.05) is 0 Å². The maximum Gasteiger partial charge on any atom is 0.230 e. The molecular weight excluding hydrogens is 276 g/mol. The number of rotatable bonds is 7. The van der Waals surface area contributed by atoms with Crippen LogP contribution in [0.25, 0.3) is 0 Å². The van der Waals surface area contributed by atoms with Crippen molar-refractivity contribution in [2.75, 3.05) is 26.1 Å². The van der Waals surface area contributed by atoms with Crippen molar-refractivity contribution in [1.82, 2.24) is 5.32 Å². The average Bonchev–Trinajstić information content (AvgIpc) is 2.39. The Morgan fingerprint density at radius 3 is 2.79 bits per heavy atom. The zero-order valence-electron chi connectivity index (χ0n) is 10.4. The van der Waals surface area contributed by atoms with Crippen LogP contribution in [0.5, 0.6) is 0 Å². The second-order valence-corrected chi connectivity index (χ2v) is 4.82. The Labute approximate surface area is 114 Å². The molecule has 0 saturated carbocycles. The van der Waals surface area contributed by atoms with Gasteiger partial charge in [0.25, 0.3) is 0 Å². The van der Waals surface area contributed by atoms with Crippen molar-refractivity contribution in [1.29, 1.82) is 0 Å². The zero-order valence-corrected chi connectivity index (χ0v) is 11.2. The van der Waals surface area contributed by atoms with Crippen molar-refractivity contribution in [2.45, 2.75) is 10.9 Å². The molecule has 0 fully saturated rings. The number of methoxy groups -OCH3 is 1. The molecule has 1 atom stereocenters. The molecule has 4 nitrogen and oxygen atoms in total. The van der Waals surface area contributed by atoms with E-state index >= 15 is 0 Å². The summed E-state index contributed by atoms with van der Waals surface area (Å²) in [5.74, 6) is -2.14. The molecule has 0 aliphatic rings. The lowest BCUT2D eigenvalue weighted by atomic mass is 10.3. The minimum Gasteiger partial charge on any atom is -0.394 e. The van der Waals surface area contributed by atoms with E-state index in [0.29, 0.717) is 4.90 Å². The average molecular weight is 291 g/mol. The number of ether oxygens (including phenoxy) is 1. The topological polar surface area (TPSA) is 58.6 Å². The van der Waals surface area contributed by atoms with Crippen LogP contribution in [0.4, 0.5) is 8.78 Å². The second kappa shape index (κ2) is 8.08. The van der Waals surface area contributed by atoms with Crippen molar-refractivity contribution in [2.24, 2.45) is 0 Å². The molecule has 0 heterocycles. The molecule has 1 aromatic rings. The van der Waals surface area contributed by atoms with E-state index in [1.807, 2.05) is 0 Å². The van der Waals surface area contributed by atoms with Crippen LogP contribution in [0.3, 0.4) is 0 Å². The van der Waals surface area contributed by atoms with E-state index in [1.54, 1.807) is 0 Å². The summed E-state index contributed by atoms with van der Waals surface area (Å²) < 4.78 is 30.4. The van der Waals surface area contributed by atoms with Gasteiger partial charge in [0.05, 0.1) is 25.0 Å². The Balaban J connectivity index is 2.43. The zero-order chi connectivity index (χ0) is 14.3. The van der Waals surface area contributed by atoms with Gasteiger partial charge in [0.15, 0.2) is 11.6 Å². The molecule has 0 aliphatic heterocycles. The Morgan fingerprint density at radius 1 is 1.47 bits per heavy atom. The second-order valence-electron chi connectivity index (χ2n) is 3.77.